The second-order valence-electron chi connectivity index (χ2n) is 3.75. The Labute approximate surface area is 85.1 Å². The van der Waals surface area contributed by atoms with Gasteiger partial charge in [-0.05, 0) is 24.3 Å². The third-order valence-electron chi connectivity index (χ3n) is 2.88. The van der Waals surface area contributed by atoms with Crippen LogP contribution < -0.4 is 5.26 Å². The van der Waals surface area contributed by atoms with E-state index < -0.39 is 0 Å². The molecule has 2 rings (SSSR count). The van der Waals surface area contributed by atoms with Gasteiger partial charge < -0.3 is 10.5 Å². The van der Waals surface area contributed by atoms with Gasteiger partial charge in [0.05, 0.1) is 0 Å². The highest BCUT2D eigenvalue weighted by Crippen LogP contribution is 2.31. The van der Waals surface area contributed by atoms with Crippen LogP contribution in [0.3, 0.4) is 0 Å². The highest BCUT2D eigenvalue weighted by Gasteiger charge is 2.14. The Kier molecular flexibility index (Phi) is 5.27. The van der Waals surface area contributed by atoms with Gasteiger partial charge in [0.15, 0.2) is 0 Å². The molecule has 1 aromatic carbocycles. The van der Waals surface area contributed by atoms with Crippen LogP contribution in [0.4, 0.5) is 0 Å². The van der Waals surface area contributed by atoms with E-state index in [9.17, 15) is 0 Å². The summed E-state index contributed by atoms with van der Waals surface area (Å²) in [5.74, 6) is 0.861. The minimum absolute atomic E-state index is 0.861. The van der Waals surface area contributed by atoms with E-state index in [1.807, 2.05) is 0 Å². The Balaban J connectivity index is 0.000000461. The van der Waals surface area contributed by atoms with Crippen molar-refractivity contribution in [1.29, 1.82) is 0 Å². The molecule has 0 saturated heterocycles. The Morgan fingerprint density at radius 3 is 2.07 bits per heavy atom. The predicted molar refractivity (Wildman–Crippen MR) is 54.9 cm³/mol. The van der Waals surface area contributed by atoms with Crippen LogP contribution >= 0.6 is 0 Å². The van der Waals surface area contributed by atoms with Gasteiger partial charge in [0, 0.05) is 0 Å². The van der Waals surface area contributed by atoms with E-state index in [4.69, 9.17) is 10.5 Å². The van der Waals surface area contributed by atoms with Crippen LogP contribution in [-0.2, 0) is 0 Å². The lowest BCUT2D eigenvalue weighted by Crippen LogP contribution is -2.03. The maximum atomic E-state index is 7.25. The minimum atomic E-state index is 0.861. The number of rotatable bonds is 1. The summed E-state index contributed by atoms with van der Waals surface area (Å²) in [5, 5.41) is 13.0. The summed E-state index contributed by atoms with van der Waals surface area (Å²) in [6.07, 6.45) is 7.12. The Morgan fingerprint density at radius 2 is 1.50 bits per heavy atom. The molecule has 0 amide bonds. The summed E-state index contributed by atoms with van der Waals surface area (Å²) >= 11 is 0. The number of hydrogen-bond donors (Lipinski definition) is 1. The highest BCUT2D eigenvalue weighted by atomic mass is 17.0. The fourth-order valence-corrected chi connectivity index (χ4v) is 2.16. The fraction of sp³-hybridized carbons (Fsp3) is 0.500. The Hall–Kier alpha value is -0.860. The first-order chi connectivity index (χ1) is 6.97. The fourth-order valence-electron chi connectivity index (χ4n) is 2.16. The summed E-state index contributed by atoms with van der Waals surface area (Å²) < 4.78 is 0. The molecule has 2 nitrogen and oxygen atoms in total. The topological polar surface area (TPSA) is 43.3 Å². The van der Waals surface area contributed by atoms with Gasteiger partial charge in [0.25, 0.3) is 0 Å². The third-order valence-corrected chi connectivity index (χ3v) is 2.88. The average molecular weight is 193 g/mol. The molecule has 0 bridgehead atoms. The van der Waals surface area contributed by atoms with Crippen molar-refractivity contribution in [2.45, 2.75) is 38.0 Å². The zero-order chi connectivity index (χ0) is 10.2. The summed E-state index contributed by atoms with van der Waals surface area (Å²) in [7, 11) is 0. The molecule has 0 aromatic heterocycles. The van der Waals surface area contributed by atoms with Crippen LogP contribution in [0.5, 0.6) is 0 Å². The molecule has 0 aliphatic heterocycles. The Morgan fingerprint density at radius 1 is 0.929 bits per heavy atom. The van der Waals surface area contributed by atoms with Crippen LogP contribution in [-0.4, -0.2) is 5.26 Å². The monoisotopic (exact) mass is 193 g/mol. The average Bonchev–Trinajstić information content (AvgIpc) is 2.34. The largest absolute Gasteiger partial charge is 0.727 e. The number of benzene rings is 1. The standard InChI is InChI=1S/C12H16.H2O2/c1-3-7-11(8-4-1)12-9-5-2-6-10-12;1-2/h1,3-4,7-8,12H,2,5-6,9-10H2;1-2H/p-1. The molecule has 1 saturated carbocycles. The summed E-state index contributed by atoms with van der Waals surface area (Å²) in [6, 6.07) is 11.0. The van der Waals surface area contributed by atoms with Gasteiger partial charge >= 0.3 is 0 Å². The molecule has 1 aliphatic carbocycles. The van der Waals surface area contributed by atoms with Crippen molar-refractivity contribution in [1.82, 2.24) is 0 Å². The second kappa shape index (κ2) is 6.57. The van der Waals surface area contributed by atoms with E-state index in [2.05, 4.69) is 30.3 Å². The predicted octanol–water partition coefficient (Wildman–Crippen LogP) is 2.55. The van der Waals surface area contributed by atoms with Crippen LogP contribution in [0.15, 0.2) is 30.3 Å². The first kappa shape index (κ1) is 11.2. The van der Waals surface area contributed by atoms with Gasteiger partial charge in [-0.3, -0.25) is 0 Å². The van der Waals surface area contributed by atoms with Crippen LogP contribution in [0.1, 0.15) is 43.6 Å². The van der Waals surface area contributed by atoms with Gasteiger partial charge in [-0.2, -0.15) is 0 Å². The van der Waals surface area contributed by atoms with E-state index in [-0.39, 0.29) is 0 Å². The normalized spacial score (nSPS) is 17.0. The third kappa shape index (κ3) is 3.13. The molecule has 78 valence electrons. The zero-order valence-electron chi connectivity index (χ0n) is 8.36. The van der Waals surface area contributed by atoms with Crippen molar-refractivity contribution in [3.05, 3.63) is 35.9 Å². The molecule has 1 fully saturated rings. The van der Waals surface area contributed by atoms with Crippen molar-refractivity contribution in [2.75, 3.05) is 0 Å². The molecule has 0 radical (unpaired) electrons. The van der Waals surface area contributed by atoms with Gasteiger partial charge in [-0.1, -0.05) is 49.6 Å². The van der Waals surface area contributed by atoms with Crippen molar-refractivity contribution in [3.8, 4) is 0 Å². The maximum absolute atomic E-state index is 7.25. The van der Waals surface area contributed by atoms with E-state index in [0.717, 1.165) is 5.92 Å². The SMILES string of the molecule is [O-]O.c1ccc(C2CCCCC2)cc1. The second-order valence-corrected chi connectivity index (χ2v) is 3.75. The summed E-state index contributed by atoms with van der Waals surface area (Å²) in [5.41, 5.74) is 1.55. The number of hydrogen-bond acceptors (Lipinski definition) is 2. The van der Waals surface area contributed by atoms with Crippen LogP contribution in [0.2, 0.25) is 0 Å². The molecule has 1 N–H and O–H groups in total. The van der Waals surface area contributed by atoms with Gasteiger partial charge in [0.1, 0.15) is 0 Å². The zero-order valence-corrected chi connectivity index (χ0v) is 8.36. The maximum Gasteiger partial charge on any atom is -0.0162 e. The molecule has 0 heterocycles. The molecular weight excluding hydrogens is 176 g/mol. The lowest BCUT2D eigenvalue weighted by molar-refractivity contribution is -0.670. The quantitative estimate of drug-likeness (QED) is 0.550. The van der Waals surface area contributed by atoms with Gasteiger partial charge in [-0.15, -0.1) is 0 Å². The van der Waals surface area contributed by atoms with Crippen molar-refractivity contribution in [3.63, 3.8) is 0 Å². The Bertz CT molecular complexity index is 227. The van der Waals surface area contributed by atoms with E-state index in [1.54, 1.807) is 5.56 Å². The molecule has 0 spiro atoms. The first-order valence-corrected chi connectivity index (χ1v) is 5.20. The lowest BCUT2D eigenvalue weighted by atomic mass is 9.84. The molecule has 0 unspecified atom stereocenters. The van der Waals surface area contributed by atoms with E-state index in [0.29, 0.717) is 0 Å². The van der Waals surface area contributed by atoms with Crippen molar-refractivity contribution >= 4 is 0 Å². The van der Waals surface area contributed by atoms with Gasteiger partial charge in [0.2, 0.25) is 0 Å². The van der Waals surface area contributed by atoms with Crippen LogP contribution in [0.25, 0.3) is 0 Å². The minimum Gasteiger partial charge on any atom is -0.727 e. The van der Waals surface area contributed by atoms with Crippen molar-refractivity contribution < 1.29 is 10.5 Å². The summed E-state index contributed by atoms with van der Waals surface area (Å²) in [6.45, 7) is 0. The molecular formula is C12H17O2-. The molecule has 1 aliphatic rings. The smallest absolute Gasteiger partial charge is 0.0162 e. The molecule has 0 atom stereocenters. The lowest BCUT2D eigenvalue weighted by Gasteiger charge is -2.21. The highest BCUT2D eigenvalue weighted by molar-refractivity contribution is 5.19. The summed E-state index contributed by atoms with van der Waals surface area (Å²) in [4.78, 5) is 0. The van der Waals surface area contributed by atoms with Crippen LogP contribution in [0, 0.1) is 0 Å². The van der Waals surface area contributed by atoms with E-state index in [1.165, 1.54) is 32.1 Å². The van der Waals surface area contributed by atoms with E-state index >= 15 is 0 Å². The first-order valence-electron chi connectivity index (χ1n) is 5.20. The molecule has 14 heavy (non-hydrogen) atoms. The molecule has 1 aromatic rings. The van der Waals surface area contributed by atoms with Gasteiger partial charge in [-0.25, -0.2) is 0 Å². The van der Waals surface area contributed by atoms with Crippen molar-refractivity contribution in [2.24, 2.45) is 0 Å². The molecule has 2 heteroatoms.